The van der Waals surface area contributed by atoms with Gasteiger partial charge in [0, 0.05) is 24.8 Å². The molecule has 0 unspecified atom stereocenters. The maximum Gasteiger partial charge on any atom is 0.343 e. The highest BCUT2D eigenvalue weighted by molar-refractivity contribution is 5.98. The Balaban J connectivity index is 1.31. The van der Waals surface area contributed by atoms with Crippen LogP contribution in [0.15, 0.2) is 97.1 Å². The average molecular weight is 679 g/mol. The number of carbonyl (C=O) groups excluding carboxylic acids is 4. The number of benzene rings is 4. The summed E-state index contributed by atoms with van der Waals surface area (Å²) < 4.78 is 16.5. The van der Waals surface area contributed by atoms with E-state index in [-0.39, 0.29) is 37.1 Å². The summed E-state index contributed by atoms with van der Waals surface area (Å²) in [4.78, 5) is 54.3. The molecule has 0 N–H and O–H groups in total. The number of likely N-dealkylation sites (N-methyl/N-ethyl adjacent to an activating group) is 1. The number of methoxy groups -OCH3 is 1. The summed E-state index contributed by atoms with van der Waals surface area (Å²) in [6, 6.07) is 27.8. The van der Waals surface area contributed by atoms with Crippen LogP contribution in [-0.2, 0) is 22.6 Å². The lowest BCUT2D eigenvalue weighted by molar-refractivity contribution is -0.118. The number of amides is 2. The molecule has 0 aliphatic heterocycles. The van der Waals surface area contributed by atoms with Gasteiger partial charge in [-0.05, 0) is 97.3 Å². The number of anilines is 1. The van der Waals surface area contributed by atoms with E-state index in [1.54, 1.807) is 91.9 Å². The third-order valence-electron chi connectivity index (χ3n) is 8.20. The molecule has 0 fully saturated rings. The fourth-order valence-electron chi connectivity index (χ4n) is 5.29. The van der Waals surface area contributed by atoms with E-state index in [0.29, 0.717) is 34.9 Å². The fraction of sp³-hybridized carbons (Fsp3) is 0.317. The second-order valence-corrected chi connectivity index (χ2v) is 12.2. The van der Waals surface area contributed by atoms with Crippen LogP contribution < -0.4 is 19.1 Å². The molecule has 262 valence electrons. The number of Topliss-reactive ketones (excluding diaryl/α,β-unsaturated/α-hetero) is 1. The highest BCUT2D eigenvalue weighted by atomic mass is 16.5. The first-order valence-corrected chi connectivity index (χ1v) is 17.0. The van der Waals surface area contributed by atoms with Crippen LogP contribution in [0.4, 0.5) is 5.69 Å². The third kappa shape index (κ3) is 11.3. The van der Waals surface area contributed by atoms with Crippen LogP contribution >= 0.6 is 0 Å². The van der Waals surface area contributed by atoms with Crippen LogP contribution in [0.5, 0.6) is 17.2 Å². The number of rotatable bonds is 18. The predicted octanol–water partition coefficient (Wildman–Crippen LogP) is 7.70. The molecule has 9 nitrogen and oxygen atoms in total. The molecule has 0 atom stereocenters. The van der Waals surface area contributed by atoms with Crippen molar-refractivity contribution in [1.29, 1.82) is 0 Å². The largest absolute Gasteiger partial charge is 0.497 e. The Morgan fingerprint density at radius 2 is 1.24 bits per heavy atom. The Hall–Kier alpha value is -5.44. The molecule has 0 saturated heterocycles. The zero-order valence-corrected chi connectivity index (χ0v) is 29.4. The van der Waals surface area contributed by atoms with E-state index in [4.69, 9.17) is 14.2 Å². The van der Waals surface area contributed by atoms with Crippen LogP contribution in [0.2, 0.25) is 0 Å². The molecule has 0 spiro atoms. The molecule has 0 aromatic heterocycles. The van der Waals surface area contributed by atoms with Crippen molar-refractivity contribution in [2.24, 2.45) is 0 Å². The molecule has 0 aliphatic rings. The monoisotopic (exact) mass is 678 g/mol. The lowest BCUT2D eigenvalue weighted by Gasteiger charge is -2.23. The number of ether oxygens (including phenoxy) is 3. The first-order chi connectivity index (χ1) is 24.2. The molecular formula is C41H46N2O7. The Labute approximate surface area is 294 Å². The first-order valence-electron chi connectivity index (χ1n) is 17.0. The van der Waals surface area contributed by atoms with Gasteiger partial charge in [-0.2, -0.15) is 0 Å². The summed E-state index contributed by atoms with van der Waals surface area (Å²) in [6.07, 6.45) is 6.02. The molecule has 9 heteroatoms. The van der Waals surface area contributed by atoms with Crippen molar-refractivity contribution in [2.45, 2.75) is 58.9 Å². The summed E-state index contributed by atoms with van der Waals surface area (Å²) >= 11 is 0. The van der Waals surface area contributed by atoms with E-state index in [2.05, 4.69) is 6.92 Å². The van der Waals surface area contributed by atoms with Crippen LogP contribution in [-0.4, -0.2) is 55.8 Å². The number of unbranched alkanes of at least 4 members (excludes halogenated alkanes) is 4. The minimum Gasteiger partial charge on any atom is -0.497 e. The van der Waals surface area contributed by atoms with E-state index in [1.807, 2.05) is 24.3 Å². The molecule has 2 amide bonds. The van der Waals surface area contributed by atoms with E-state index in [0.717, 1.165) is 29.7 Å². The van der Waals surface area contributed by atoms with Gasteiger partial charge in [-0.15, -0.1) is 0 Å². The third-order valence-corrected chi connectivity index (χ3v) is 8.20. The van der Waals surface area contributed by atoms with Crippen molar-refractivity contribution in [3.8, 4) is 17.2 Å². The summed E-state index contributed by atoms with van der Waals surface area (Å²) in [5.74, 6) is 0.716. The summed E-state index contributed by atoms with van der Waals surface area (Å²) in [5.41, 5.74) is 3.05. The van der Waals surface area contributed by atoms with Gasteiger partial charge in [0.2, 0.25) is 5.91 Å². The van der Waals surface area contributed by atoms with Gasteiger partial charge in [0.05, 0.1) is 32.2 Å². The molecule has 4 aromatic carbocycles. The first kappa shape index (κ1) is 37.4. The van der Waals surface area contributed by atoms with Gasteiger partial charge in [-0.1, -0.05) is 56.9 Å². The van der Waals surface area contributed by atoms with Crippen molar-refractivity contribution in [1.82, 2.24) is 4.90 Å². The Kier molecular flexibility index (Phi) is 14.2. The molecule has 0 radical (unpaired) electrons. The van der Waals surface area contributed by atoms with E-state index >= 15 is 0 Å². The number of hydrogen-bond acceptors (Lipinski definition) is 7. The van der Waals surface area contributed by atoms with Crippen molar-refractivity contribution in [3.05, 3.63) is 119 Å². The minimum atomic E-state index is -0.492. The summed E-state index contributed by atoms with van der Waals surface area (Å²) in [5, 5.41) is 0. The van der Waals surface area contributed by atoms with Gasteiger partial charge in [-0.3, -0.25) is 14.4 Å². The van der Waals surface area contributed by atoms with Crippen LogP contribution in [0.3, 0.4) is 0 Å². The predicted molar refractivity (Wildman–Crippen MR) is 194 cm³/mol. The number of nitrogens with zero attached hydrogens (tertiary/aromatic N) is 2. The zero-order chi connectivity index (χ0) is 35.9. The molecule has 50 heavy (non-hydrogen) atoms. The van der Waals surface area contributed by atoms with Crippen molar-refractivity contribution in [3.63, 3.8) is 0 Å². The van der Waals surface area contributed by atoms with E-state index in [1.165, 1.54) is 31.1 Å². The van der Waals surface area contributed by atoms with Gasteiger partial charge in [0.15, 0.2) is 0 Å². The molecule has 4 rings (SSSR count). The van der Waals surface area contributed by atoms with E-state index in [9.17, 15) is 19.2 Å². The van der Waals surface area contributed by atoms with Gasteiger partial charge < -0.3 is 24.0 Å². The highest BCUT2D eigenvalue weighted by Gasteiger charge is 2.19. The van der Waals surface area contributed by atoms with Gasteiger partial charge in [0.1, 0.15) is 23.0 Å². The maximum atomic E-state index is 13.5. The molecule has 0 aliphatic carbocycles. The zero-order valence-electron chi connectivity index (χ0n) is 29.4. The topological polar surface area (TPSA) is 102 Å². The van der Waals surface area contributed by atoms with Crippen molar-refractivity contribution >= 4 is 29.3 Å². The average Bonchev–Trinajstić information content (AvgIpc) is 3.13. The van der Waals surface area contributed by atoms with Gasteiger partial charge in [0.25, 0.3) is 5.91 Å². The van der Waals surface area contributed by atoms with Gasteiger partial charge >= 0.3 is 5.97 Å². The number of esters is 1. The number of ketones is 1. The van der Waals surface area contributed by atoms with Crippen molar-refractivity contribution in [2.75, 3.05) is 32.2 Å². The molecule has 4 aromatic rings. The Morgan fingerprint density at radius 1 is 0.660 bits per heavy atom. The van der Waals surface area contributed by atoms with Crippen LogP contribution in [0.1, 0.15) is 77.8 Å². The smallest absolute Gasteiger partial charge is 0.343 e. The SMILES string of the molecule is CCCCCCCOc1ccc(C(=O)Oc2ccc(CN(CC(C)=O)C(=O)c3ccc(N(C)C(=O)Cc4ccc(OC)cc4)cc3)cc2)cc1. The summed E-state index contributed by atoms with van der Waals surface area (Å²) in [7, 11) is 3.28. The van der Waals surface area contributed by atoms with Crippen LogP contribution in [0, 0.1) is 0 Å². The van der Waals surface area contributed by atoms with Gasteiger partial charge in [-0.25, -0.2) is 4.79 Å². The van der Waals surface area contributed by atoms with Crippen molar-refractivity contribution < 1.29 is 33.4 Å². The quantitative estimate of drug-likeness (QED) is 0.0604. The van der Waals surface area contributed by atoms with Crippen LogP contribution in [0.25, 0.3) is 0 Å². The minimum absolute atomic E-state index is 0.0733. The fourth-order valence-corrected chi connectivity index (χ4v) is 5.29. The molecular weight excluding hydrogens is 632 g/mol. The Morgan fingerprint density at radius 3 is 1.86 bits per heavy atom. The molecule has 0 bridgehead atoms. The second-order valence-electron chi connectivity index (χ2n) is 12.2. The maximum absolute atomic E-state index is 13.5. The Bertz CT molecular complexity index is 1700. The second kappa shape index (κ2) is 18.9. The van der Waals surface area contributed by atoms with E-state index < -0.39 is 5.97 Å². The summed E-state index contributed by atoms with van der Waals surface area (Å²) in [6.45, 7) is 4.37. The lowest BCUT2D eigenvalue weighted by Crippen LogP contribution is -2.34. The number of carbonyl (C=O) groups is 4. The molecule has 0 saturated carbocycles. The number of hydrogen-bond donors (Lipinski definition) is 0. The molecule has 0 heterocycles. The lowest BCUT2D eigenvalue weighted by atomic mass is 10.1. The standard InChI is InChI=1S/C41H46N2O7/c1-5-6-7-8-9-26-49-37-24-16-34(17-25-37)41(47)50-38-22-12-32(13-23-38)29-43(28-30(2)44)40(46)33-14-18-35(19-15-33)42(3)39(45)27-31-10-20-36(48-4)21-11-31/h10-25H,5-9,26-29H2,1-4H3. The normalized spacial score (nSPS) is 10.6. The highest BCUT2D eigenvalue weighted by Crippen LogP contribution is 2.21.